The summed E-state index contributed by atoms with van der Waals surface area (Å²) in [7, 11) is 0. The Morgan fingerprint density at radius 2 is 0.980 bits per heavy atom. The van der Waals surface area contributed by atoms with Gasteiger partial charge in [-0.05, 0) is 0 Å². The molecule has 0 bridgehead atoms. The van der Waals surface area contributed by atoms with Crippen LogP contribution in [0.3, 0.4) is 0 Å². The molecule has 0 heterocycles. The summed E-state index contributed by atoms with van der Waals surface area (Å²) in [6.07, 6.45) is 5.13. The van der Waals surface area contributed by atoms with Crippen molar-refractivity contribution in [2.45, 2.75) is 62.9 Å². The summed E-state index contributed by atoms with van der Waals surface area (Å²) in [6, 6.07) is 48.6. The monoisotopic (exact) mass is 758 g/mol. The number of hydrogen-bond donors (Lipinski definition) is 0. The number of benzene rings is 5. The maximum absolute atomic E-state index is 2.87. The van der Waals surface area contributed by atoms with Crippen LogP contribution in [-0.2, 0) is 32.1 Å². The normalized spacial score (nSPS) is 15.1. The van der Waals surface area contributed by atoms with Gasteiger partial charge in [-0.2, -0.15) is 0 Å². The van der Waals surface area contributed by atoms with E-state index in [2.05, 4.69) is 188 Å². The summed E-state index contributed by atoms with van der Waals surface area (Å²) in [6.45, 7) is 16.5. The van der Waals surface area contributed by atoms with Gasteiger partial charge < -0.3 is 24.8 Å². The summed E-state index contributed by atoms with van der Waals surface area (Å²) in [5, 5.41) is 0. The molecular weight excluding hydrogens is 715 g/mol. The topological polar surface area (TPSA) is 0 Å². The molecule has 0 amide bonds. The van der Waals surface area contributed by atoms with E-state index in [0.717, 1.165) is 0 Å². The summed E-state index contributed by atoms with van der Waals surface area (Å²) >= 11 is -2.87. The first kappa shape index (κ1) is 37.2. The zero-order chi connectivity index (χ0) is 32.9. The van der Waals surface area contributed by atoms with Crippen LogP contribution in [-0.4, -0.2) is 3.21 Å². The standard InChI is InChI=1S/C21H25.C13H10.C12H11.2ClH.Zr/c1-20(2,3)16-9-7-14-11-15-8-10-17(21(4,5)6)13-19(15)18(14)12-16;1-3-7-12(8-4-1)11-13-9-5-2-6-10-13;1-10-7-8-12(9-10)11-5-3-2-4-6-11;;;/h7-13H,1-6H3;1-10H;2-6,8-10H,1H3;2*1H;/q;;;;;+2/p-2. The molecule has 1 atom stereocenters. The van der Waals surface area contributed by atoms with Gasteiger partial charge in [0.25, 0.3) is 0 Å². The second-order valence-electron chi connectivity index (χ2n) is 15.4. The third kappa shape index (κ3) is 7.24. The van der Waals surface area contributed by atoms with Crippen molar-refractivity contribution in [3.05, 3.63) is 182 Å². The van der Waals surface area contributed by atoms with Gasteiger partial charge in [-0.1, -0.05) is 0 Å². The first-order valence-electron chi connectivity index (χ1n) is 17.1. The fourth-order valence-corrected chi connectivity index (χ4v) is 17.0. The van der Waals surface area contributed by atoms with E-state index in [-0.39, 0.29) is 35.6 Å². The average Bonchev–Trinajstić information content (AvgIpc) is 3.61. The predicted octanol–water partition coefficient (Wildman–Crippen LogP) is 5.86. The van der Waals surface area contributed by atoms with E-state index in [1.165, 1.54) is 55.6 Å². The smallest absolute Gasteiger partial charge is 1.00 e. The largest absolute Gasteiger partial charge is 1.00 e. The third-order valence-corrected chi connectivity index (χ3v) is 18.8. The molecule has 0 spiro atoms. The van der Waals surface area contributed by atoms with Crippen LogP contribution >= 0.6 is 0 Å². The molecule has 0 nitrogen and oxygen atoms in total. The molecule has 7 rings (SSSR count). The molecule has 1 unspecified atom stereocenters. The average molecular weight is 761 g/mol. The van der Waals surface area contributed by atoms with Gasteiger partial charge in [0.05, 0.1) is 0 Å². The molecule has 2 aliphatic rings. The van der Waals surface area contributed by atoms with Gasteiger partial charge in [0.15, 0.2) is 0 Å². The summed E-state index contributed by atoms with van der Waals surface area (Å²) < 4.78 is 3.65. The van der Waals surface area contributed by atoms with Crippen LogP contribution < -0.4 is 24.8 Å². The second-order valence-corrected chi connectivity index (χ2v) is 21.5. The zero-order valence-electron chi connectivity index (χ0n) is 29.7. The van der Waals surface area contributed by atoms with Crippen LogP contribution in [0, 0.1) is 5.92 Å². The van der Waals surface area contributed by atoms with E-state index in [1.807, 2.05) is 0 Å². The summed E-state index contributed by atoms with van der Waals surface area (Å²) in [5.41, 5.74) is 14.4. The number of rotatable bonds is 5. The number of fused-ring (bicyclic) bond motifs is 3. The van der Waals surface area contributed by atoms with Crippen molar-refractivity contribution in [2.24, 2.45) is 5.92 Å². The Kier molecular flexibility index (Phi) is 11.1. The zero-order valence-corrected chi connectivity index (χ0v) is 33.7. The van der Waals surface area contributed by atoms with E-state index < -0.39 is 21.3 Å². The molecular formula is C46H46Cl2Zr. The van der Waals surface area contributed by atoms with E-state index >= 15 is 0 Å². The van der Waals surface area contributed by atoms with Gasteiger partial charge in [-0.15, -0.1) is 0 Å². The minimum Gasteiger partial charge on any atom is -1.00 e. The Morgan fingerprint density at radius 3 is 1.41 bits per heavy atom. The maximum Gasteiger partial charge on any atom is -1.00 e. The summed E-state index contributed by atoms with van der Waals surface area (Å²) in [5.74, 6) is 0.386. The molecule has 0 radical (unpaired) electrons. The van der Waals surface area contributed by atoms with E-state index in [4.69, 9.17) is 0 Å². The number of hydrogen-bond acceptors (Lipinski definition) is 0. The van der Waals surface area contributed by atoms with Crippen LogP contribution in [0.25, 0.3) is 16.7 Å². The second kappa shape index (κ2) is 14.6. The molecule has 248 valence electrons. The van der Waals surface area contributed by atoms with Crippen LogP contribution in [0.1, 0.15) is 91.0 Å². The Bertz CT molecular complexity index is 1940. The fraction of sp³-hybridized carbons (Fsp3) is 0.239. The van der Waals surface area contributed by atoms with Crippen LogP contribution in [0.2, 0.25) is 0 Å². The first-order chi connectivity index (χ1) is 22.5. The Balaban J connectivity index is 0.00000234. The van der Waals surface area contributed by atoms with Crippen molar-refractivity contribution in [3.8, 4) is 11.1 Å². The van der Waals surface area contributed by atoms with Gasteiger partial charge in [0.1, 0.15) is 0 Å². The van der Waals surface area contributed by atoms with Crippen LogP contribution in [0.4, 0.5) is 0 Å². The molecule has 3 heteroatoms. The SMILES string of the molecule is CC1C=C(c2ccccc2)C=[C]1[Zr+2](=[C](c1ccccc1)c1ccccc1)[CH]1c2ccc(C(C)(C)C)cc2-c2cc(C(C)(C)C)ccc21.[Cl-].[Cl-]. The van der Waals surface area contributed by atoms with Crippen LogP contribution in [0.15, 0.2) is 143 Å². The van der Waals surface area contributed by atoms with Gasteiger partial charge in [-0.25, -0.2) is 0 Å². The van der Waals surface area contributed by atoms with Gasteiger partial charge in [0.2, 0.25) is 0 Å². The van der Waals surface area contributed by atoms with Crippen molar-refractivity contribution in [1.82, 2.24) is 0 Å². The molecule has 0 aromatic heterocycles. The molecule has 5 aromatic rings. The first-order valence-corrected chi connectivity index (χ1v) is 21.0. The molecule has 0 saturated heterocycles. The maximum atomic E-state index is 2.60. The Labute approximate surface area is 314 Å². The van der Waals surface area contributed by atoms with E-state index in [0.29, 0.717) is 9.54 Å². The molecule has 0 fully saturated rings. The van der Waals surface area contributed by atoms with E-state index in [9.17, 15) is 0 Å². The van der Waals surface area contributed by atoms with Crippen molar-refractivity contribution in [3.63, 3.8) is 0 Å². The van der Waals surface area contributed by atoms with Crippen molar-refractivity contribution < 1.29 is 46.1 Å². The van der Waals surface area contributed by atoms with Crippen molar-refractivity contribution in [2.75, 3.05) is 0 Å². The third-order valence-electron chi connectivity index (χ3n) is 10.1. The quantitative estimate of drug-likeness (QED) is 0.211. The molecule has 0 N–H and O–H groups in total. The molecule has 49 heavy (non-hydrogen) atoms. The predicted molar refractivity (Wildman–Crippen MR) is 199 cm³/mol. The van der Waals surface area contributed by atoms with Crippen molar-refractivity contribution >= 4 is 8.78 Å². The van der Waals surface area contributed by atoms with Gasteiger partial charge in [-0.3, -0.25) is 0 Å². The minimum absolute atomic E-state index is 0. The summed E-state index contributed by atoms with van der Waals surface area (Å²) in [4.78, 5) is 0. The van der Waals surface area contributed by atoms with E-state index in [1.54, 1.807) is 6.49 Å². The molecule has 0 aliphatic heterocycles. The van der Waals surface area contributed by atoms with Gasteiger partial charge >= 0.3 is 292 Å². The number of halogens is 2. The molecule has 5 aromatic carbocycles. The van der Waals surface area contributed by atoms with Crippen LogP contribution in [0.5, 0.6) is 0 Å². The van der Waals surface area contributed by atoms with Crippen molar-refractivity contribution in [1.29, 1.82) is 0 Å². The number of allylic oxidation sites excluding steroid dienone is 4. The fourth-order valence-electron chi connectivity index (χ4n) is 7.48. The Hall–Kier alpha value is -3.09. The molecule has 2 aliphatic carbocycles. The van der Waals surface area contributed by atoms with Gasteiger partial charge in [0, 0.05) is 0 Å². The molecule has 0 saturated carbocycles. The Morgan fingerprint density at radius 1 is 0.551 bits per heavy atom. The minimum atomic E-state index is -2.87.